The summed E-state index contributed by atoms with van der Waals surface area (Å²) < 4.78 is 0. The summed E-state index contributed by atoms with van der Waals surface area (Å²) in [6.45, 7) is 3.10. The third-order valence-electron chi connectivity index (χ3n) is 3.78. The van der Waals surface area contributed by atoms with Crippen LogP contribution in [0.1, 0.15) is 32.6 Å². The highest BCUT2D eigenvalue weighted by Crippen LogP contribution is 2.11. The van der Waals surface area contributed by atoms with E-state index in [1.54, 1.807) is 18.9 Å². The Morgan fingerprint density at radius 3 is 2.24 bits per heavy atom. The number of carbonyl (C=O) groups excluding carboxylic acids is 3. The van der Waals surface area contributed by atoms with E-state index >= 15 is 0 Å². The number of likely N-dealkylation sites (tertiary alicyclic amines) is 1. The van der Waals surface area contributed by atoms with Crippen LogP contribution in [0.2, 0.25) is 0 Å². The van der Waals surface area contributed by atoms with E-state index in [-0.39, 0.29) is 24.1 Å². The molecule has 7 heteroatoms. The fourth-order valence-corrected chi connectivity index (χ4v) is 2.25. The van der Waals surface area contributed by atoms with Crippen molar-refractivity contribution >= 4 is 17.7 Å². The number of amides is 3. The Labute approximate surface area is 125 Å². The molecule has 1 rings (SSSR count). The maximum absolute atomic E-state index is 12.5. The van der Waals surface area contributed by atoms with Crippen LogP contribution in [-0.4, -0.2) is 61.9 Å². The van der Waals surface area contributed by atoms with E-state index in [0.717, 1.165) is 19.3 Å². The zero-order chi connectivity index (χ0) is 15.8. The van der Waals surface area contributed by atoms with Crippen LogP contribution in [0.5, 0.6) is 0 Å². The van der Waals surface area contributed by atoms with E-state index in [1.807, 2.05) is 0 Å². The summed E-state index contributed by atoms with van der Waals surface area (Å²) >= 11 is 0. The number of nitrogens with zero attached hydrogens (tertiary/aromatic N) is 1. The number of hydrogen-bond donors (Lipinski definition) is 3. The maximum Gasteiger partial charge on any atom is 0.245 e. The van der Waals surface area contributed by atoms with Crippen molar-refractivity contribution in [1.82, 2.24) is 20.9 Å². The number of nitrogens with one attached hydrogen (secondary N) is 3. The van der Waals surface area contributed by atoms with E-state index in [4.69, 9.17) is 0 Å². The van der Waals surface area contributed by atoms with Gasteiger partial charge in [0.25, 0.3) is 0 Å². The predicted octanol–water partition coefficient (Wildman–Crippen LogP) is -0.772. The minimum absolute atomic E-state index is 0.0337. The Hall–Kier alpha value is -1.63. The normalized spacial score (nSPS) is 17.8. The maximum atomic E-state index is 12.5. The van der Waals surface area contributed by atoms with Crippen molar-refractivity contribution < 1.29 is 14.4 Å². The first-order valence-corrected chi connectivity index (χ1v) is 7.46. The minimum Gasteiger partial charge on any atom is -0.359 e. The molecule has 21 heavy (non-hydrogen) atoms. The van der Waals surface area contributed by atoms with Crippen molar-refractivity contribution in [3.63, 3.8) is 0 Å². The molecule has 0 spiro atoms. The van der Waals surface area contributed by atoms with E-state index in [1.165, 1.54) is 7.05 Å². The molecule has 0 aromatic heterocycles. The van der Waals surface area contributed by atoms with Gasteiger partial charge in [0.1, 0.15) is 6.04 Å². The second-order valence-corrected chi connectivity index (χ2v) is 5.33. The molecule has 0 aromatic rings. The Morgan fingerprint density at radius 1 is 1.10 bits per heavy atom. The van der Waals surface area contributed by atoms with Crippen molar-refractivity contribution in [2.75, 3.05) is 27.2 Å². The lowest BCUT2D eigenvalue weighted by Crippen LogP contribution is -2.54. The smallest absolute Gasteiger partial charge is 0.245 e. The van der Waals surface area contributed by atoms with Gasteiger partial charge in [-0.25, -0.2) is 0 Å². The molecule has 2 atom stereocenters. The fourth-order valence-electron chi connectivity index (χ4n) is 2.25. The zero-order valence-electron chi connectivity index (χ0n) is 13.1. The minimum atomic E-state index is -0.800. The predicted molar refractivity (Wildman–Crippen MR) is 79.6 cm³/mol. The summed E-state index contributed by atoms with van der Waals surface area (Å²) in [6, 6.07) is -1.21. The van der Waals surface area contributed by atoms with Crippen molar-refractivity contribution in [3.05, 3.63) is 0 Å². The van der Waals surface area contributed by atoms with Crippen LogP contribution < -0.4 is 16.0 Å². The fraction of sp³-hybridized carbons (Fsp3) is 0.786. The summed E-state index contributed by atoms with van der Waals surface area (Å²) in [5.41, 5.74) is 0. The molecule has 7 nitrogen and oxygen atoms in total. The van der Waals surface area contributed by atoms with Gasteiger partial charge in [0.15, 0.2) is 0 Å². The van der Waals surface area contributed by atoms with Crippen LogP contribution in [0, 0.1) is 0 Å². The molecule has 0 aromatic carbocycles. The first-order chi connectivity index (χ1) is 9.99. The SMILES string of the molecule is CNC(=O)C[C@H](NC(=O)[C@H](C)NC)C(=O)N1CCCCC1. The van der Waals surface area contributed by atoms with Gasteiger partial charge >= 0.3 is 0 Å². The van der Waals surface area contributed by atoms with Crippen LogP contribution in [0.25, 0.3) is 0 Å². The molecule has 1 heterocycles. The van der Waals surface area contributed by atoms with Crippen LogP contribution >= 0.6 is 0 Å². The molecule has 3 amide bonds. The van der Waals surface area contributed by atoms with Gasteiger partial charge in [-0.05, 0) is 33.2 Å². The van der Waals surface area contributed by atoms with Crippen molar-refractivity contribution in [1.29, 1.82) is 0 Å². The number of rotatable bonds is 6. The van der Waals surface area contributed by atoms with E-state index in [9.17, 15) is 14.4 Å². The number of likely N-dealkylation sites (N-methyl/N-ethyl adjacent to an activating group) is 1. The third kappa shape index (κ3) is 5.34. The topological polar surface area (TPSA) is 90.5 Å². The molecule has 0 bridgehead atoms. The molecule has 0 radical (unpaired) electrons. The summed E-state index contributed by atoms with van der Waals surface area (Å²) in [5, 5.41) is 7.99. The van der Waals surface area contributed by atoms with Gasteiger partial charge < -0.3 is 20.9 Å². The molecule has 1 saturated heterocycles. The van der Waals surface area contributed by atoms with Gasteiger partial charge in [0.2, 0.25) is 17.7 Å². The lowest BCUT2D eigenvalue weighted by atomic mass is 10.1. The van der Waals surface area contributed by atoms with Gasteiger partial charge in [-0.15, -0.1) is 0 Å². The van der Waals surface area contributed by atoms with Crippen LogP contribution in [-0.2, 0) is 14.4 Å². The van der Waals surface area contributed by atoms with E-state index < -0.39 is 12.1 Å². The highest BCUT2D eigenvalue weighted by atomic mass is 16.2. The molecular formula is C14H26N4O3. The molecule has 0 unspecified atom stereocenters. The highest BCUT2D eigenvalue weighted by Gasteiger charge is 2.29. The first-order valence-electron chi connectivity index (χ1n) is 7.46. The molecule has 3 N–H and O–H groups in total. The third-order valence-corrected chi connectivity index (χ3v) is 3.78. The van der Waals surface area contributed by atoms with Crippen molar-refractivity contribution in [2.45, 2.75) is 44.7 Å². The second-order valence-electron chi connectivity index (χ2n) is 5.33. The zero-order valence-corrected chi connectivity index (χ0v) is 13.1. The molecule has 0 saturated carbocycles. The lowest BCUT2D eigenvalue weighted by Gasteiger charge is -2.31. The Morgan fingerprint density at radius 2 is 1.71 bits per heavy atom. The number of hydrogen-bond acceptors (Lipinski definition) is 4. The average molecular weight is 298 g/mol. The second kappa shape index (κ2) is 8.61. The Balaban J connectivity index is 2.72. The lowest BCUT2D eigenvalue weighted by molar-refractivity contribution is -0.139. The number of carbonyl (C=O) groups is 3. The van der Waals surface area contributed by atoms with E-state index in [2.05, 4.69) is 16.0 Å². The Bertz CT molecular complexity index is 380. The van der Waals surface area contributed by atoms with Gasteiger partial charge in [-0.1, -0.05) is 0 Å². The van der Waals surface area contributed by atoms with Crippen molar-refractivity contribution in [2.24, 2.45) is 0 Å². The summed E-state index contributed by atoms with van der Waals surface area (Å²) in [7, 11) is 3.19. The molecule has 1 aliphatic heterocycles. The summed E-state index contributed by atoms with van der Waals surface area (Å²) in [4.78, 5) is 37.8. The van der Waals surface area contributed by atoms with Gasteiger partial charge in [0.05, 0.1) is 12.5 Å². The van der Waals surface area contributed by atoms with Crippen molar-refractivity contribution in [3.8, 4) is 0 Å². The van der Waals surface area contributed by atoms with Crippen LogP contribution in [0.15, 0.2) is 0 Å². The molecule has 1 fully saturated rings. The molecule has 0 aliphatic carbocycles. The standard InChI is InChI=1S/C14H26N4O3/c1-10(15-2)13(20)17-11(9-12(19)16-3)14(21)18-7-5-4-6-8-18/h10-11,15H,4-9H2,1-3H3,(H,16,19)(H,17,20)/t10-,11-/m0/s1. The molecule has 1 aliphatic rings. The summed E-state index contributed by atoms with van der Waals surface area (Å²) in [5.74, 6) is -0.713. The van der Waals surface area contributed by atoms with Gasteiger partial charge in [-0.2, -0.15) is 0 Å². The van der Waals surface area contributed by atoms with Gasteiger partial charge in [0, 0.05) is 20.1 Å². The number of piperidine rings is 1. The monoisotopic (exact) mass is 298 g/mol. The molecule has 120 valence electrons. The first kappa shape index (κ1) is 17.4. The molecular weight excluding hydrogens is 272 g/mol. The van der Waals surface area contributed by atoms with Crippen LogP contribution in [0.4, 0.5) is 0 Å². The van der Waals surface area contributed by atoms with Crippen LogP contribution in [0.3, 0.4) is 0 Å². The largest absolute Gasteiger partial charge is 0.359 e. The van der Waals surface area contributed by atoms with Gasteiger partial charge in [-0.3, -0.25) is 14.4 Å². The highest BCUT2D eigenvalue weighted by molar-refractivity contribution is 5.93. The average Bonchev–Trinajstić information content (AvgIpc) is 2.53. The Kier molecular flexibility index (Phi) is 7.14. The summed E-state index contributed by atoms with van der Waals surface area (Å²) in [6.07, 6.45) is 3.03. The quantitative estimate of drug-likeness (QED) is 0.600. The van der Waals surface area contributed by atoms with E-state index in [0.29, 0.717) is 13.1 Å².